The molecule has 0 spiro atoms. The van der Waals surface area contributed by atoms with Crippen LogP contribution >= 0.6 is 11.6 Å². The zero-order chi connectivity index (χ0) is 28.0. The van der Waals surface area contributed by atoms with Crippen LogP contribution in [0.3, 0.4) is 0 Å². The van der Waals surface area contributed by atoms with Gasteiger partial charge in [-0.3, -0.25) is 19.5 Å². The van der Waals surface area contributed by atoms with Crippen molar-refractivity contribution in [3.63, 3.8) is 0 Å². The Kier molecular flexibility index (Phi) is 9.91. The number of ether oxygens (including phenoxy) is 1. The van der Waals surface area contributed by atoms with E-state index in [0.29, 0.717) is 4.90 Å². The second kappa shape index (κ2) is 12.1. The van der Waals surface area contributed by atoms with E-state index in [1.165, 1.54) is 7.05 Å². The zero-order valence-corrected chi connectivity index (χ0v) is 20.4. The summed E-state index contributed by atoms with van der Waals surface area (Å²) in [5.74, 6) is -7.39. The lowest BCUT2D eigenvalue weighted by Gasteiger charge is -2.41. The summed E-state index contributed by atoms with van der Waals surface area (Å²) >= 11 is 5.35. The molecule has 1 saturated carbocycles. The Hall–Kier alpha value is -2.90. The van der Waals surface area contributed by atoms with Gasteiger partial charge in [0, 0.05) is 31.6 Å². The minimum atomic E-state index is -5.02. The van der Waals surface area contributed by atoms with E-state index >= 15 is 0 Å². The van der Waals surface area contributed by atoms with Gasteiger partial charge < -0.3 is 10.1 Å². The summed E-state index contributed by atoms with van der Waals surface area (Å²) in [7, 11) is 1.28. The largest absolute Gasteiger partial charge is 0.573 e. The number of benzene rings is 1. The molecular formula is C22H24ClF7N4O3. The van der Waals surface area contributed by atoms with E-state index in [9.17, 15) is 40.3 Å². The minimum Gasteiger partial charge on any atom is -0.406 e. The maximum atomic E-state index is 14.7. The van der Waals surface area contributed by atoms with Gasteiger partial charge in [-0.25, -0.2) is 18.2 Å². The topological polar surface area (TPSA) is 83.4 Å². The number of alkyl halides is 7. The Labute approximate surface area is 212 Å². The first-order chi connectivity index (χ1) is 17.1. The molecule has 0 bridgehead atoms. The van der Waals surface area contributed by atoms with E-state index in [1.54, 1.807) is 0 Å². The third-order valence-electron chi connectivity index (χ3n) is 5.57. The van der Waals surface area contributed by atoms with Crippen molar-refractivity contribution in [2.24, 2.45) is 9.98 Å². The van der Waals surface area contributed by atoms with Crippen LogP contribution in [0.15, 0.2) is 34.3 Å². The van der Waals surface area contributed by atoms with E-state index in [1.807, 2.05) is 0 Å². The van der Waals surface area contributed by atoms with Crippen LogP contribution < -0.4 is 15.0 Å². The van der Waals surface area contributed by atoms with Crippen LogP contribution in [0.5, 0.6) is 5.75 Å². The summed E-state index contributed by atoms with van der Waals surface area (Å²) in [5, 5.41) is 2.48. The summed E-state index contributed by atoms with van der Waals surface area (Å²) in [5.41, 5.74) is -5.35. The number of amides is 2. The van der Waals surface area contributed by atoms with Crippen LogP contribution in [0, 0.1) is 0 Å². The minimum absolute atomic E-state index is 0.119. The summed E-state index contributed by atoms with van der Waals surface area (Å²) in [4.78, 5) is 33.6. The maximum absolute atomic E-state index is 14.7. The molecule has 1 aliphatic rings. The number of nitrogens with one attached hydrogen (secondary N) is 1. The second-order valence-electron chi connectivity index (χ2n) is 8.45. The number of anilines is 1. The van der Waals surface area contributed by atoms with Gasteiger partial charge in [0.2, 0.25) is 11.8 Å². The lowest BCUT2D eigenvalue weighted by molar-refractivity contribution is -0.274. The van der Waals surface area contributed by atoms with E-state index in [4.69, 9.17) is 11.6 Å². The van der Waals surface area contributed by atoms with Gasteiger partial charge in [0.05, 0.1) is 6.42 Å². The number of halogens is 8. The Morgan fingerprint density at radius 3 is 2.30 bits per heavy atom. The van der Waals surface area contributed by atoms with Crippen molar-refractivity contribution in [1.82, 2.24) is 5.32 Å². The van der Waals surface area contributed by atoms with Crippen LogP contribution in [-0.4, -0.2) is 60.7 Å². The van der Waals surface area contributed by atoms with Gasteiger partial charge in [-0.05, 0) is 44.0 Å². The van der Waals surface area contributed by atoms with E-state index in [2.05, 4.69) is 20.0 Å². The molecule has 0 aromatic heterocycles. The monoisotopic (exact) mass is 560 g/mol. The first-order valence-corrected chi connectivity index (χ1v) is 11.3. The van der Waals surface area contributed by atoms with Gasteiger partial charge in [-0.2, -0.15) is 4.39 Å². The fraction of sp³-hybridized carbons (Fsp3) is 0.545. The molecule has 2 rings (SSSR count). The third-order valence-corrected chi connectivity index (χ3v) is 5.76. The number of aliphatic imine (C=N–C) groups is 2. The van der Waals surface area contributed by atoms with Gasteiger partial charge in [0.1, 0.15) is 17.6 Å². The highest BCUT2D eigenvalue weighted by atomic mass is 35.5. The molecule has 0 radical (unpaired) electrons. The molecule has 1 aromatic rings. The SMILES string of the molecule is CN=CN=C(F)C[C@@](C)(C(=O)NC1CCC(F)(F)CC1)N(C(=O)[C@H](F)Cl)c1ccc(OC(F)(F)F)cc1. The summed E-state index contributed by atoms with van der Waals surface area (Å²) in [6.07, 6.45) is -6.43. The van der Waals surface area contributed by atoms with Crippen LogP contribution in [0.1, 0.15) is 39.0 Å². The molecule has 0 saturated heterocycles. The van der Waals surface area contributed by atoms with Crippen molar-refractivity contribution in [2.75, 3.05) is 11.9 Å². The molecule has 0 aliphatic heterocycles. The lowest BCUT2D eigenvalue weighted by Crippen LogP contribution is -2.62. The number of hydrogen-bond acceptors (Lipinski definition) is 4. The Morgan fingerprint density at radius 1 is 1.24 bits per heavy atom. The zero-order valence-electron chi connectivity index (χ0n) is 19.7. The summed E-state index contributed by atoms with van der Waals surface area (Å²) < 4.78 is 97.2. The van der Waals surface area contributed by atoms with Gasteiger partial charge in [-0.15, -0.1) is 13.2 Å². The fourth-order valence-electron chi connectivity index (χ4n) is 3.79. The van der Waals surface area contributed by atoms with Crippen molar-refractivity contribution in [3.05, 3.63) is 24.3 Å². The van der Waals surface area contributed by atoms with Crippen LogP contribution in [0.2, 0.25) is 0 Å². The van der Waals surface area contributed by atoms with Gasteiger partial charge in [0.15, 0.2) is 5.97 Å². The van der Waals surface area contributed by atoms with Crippen molar-refractivity contribution in [2.45, 2.75) is 68.5 Å². The molecule has 15 heteroatoms. The van der Waals surface area contributed by atoms with Crippen LogP contribution in [0.4, 0.5) is 36.4 Å². The molecule has 1 fully saturated rings. The van der Waals surface area contributed by atoms with Crippen molar-refractivity contribution >= 4 is 41.4 Å². The molecule has 2 amide bonds. The van der Waals surface area contributed by atoms with Crippen molar-refractivity contribution in [1.29, 1.82) is 0 Å². The van der Waals surface area contributed by atoms with E-state index < -0.39 is 72.3 Å². The molecule has 206 valence electrons. The second-order valence-corrected chi connectivity index (χ2v) is 8.83. The molecule has 1 N–H and O–H groups in total. The predicted octanol–water partition coefficient (Wildman–Crippen LogP) is 5.32. The van der Waals surface area contributed by atoms with E-state index in [-0.39, 0.29) is 18.5 Å². The highest BCUT2D eigenvalue weighted by Gasteiger charge is 2.47. The summed E-state index contributed by atoms with van der Waals surface area (Å²) in [6.45, 7) is 1.05. The number of nitrogens with zero attached hydrogens (tertiary/aromatic N) is 3. The Bertz CT molecular complexity index is 1010. The molecular weight excluding hydrogens is 537 g/mol. The van der Waals surface area contributed by atoms with Crippen molar-refractivity contribution in [3.8, 4) is 5.75 Å². The molecule has 7 nitrogen and oxygen atoms in total. The molecule has 2 atom stereocenters. The molecule has 37 heavy (non-hydrogen) atoms. The van der Waals surface area contributed by atoms with Gasteiger partial charge >= 0.3 is 6.36 Å². The van der Waals surface area contributed by atoms with E-state index in [0.717, 1.165) is 37.5 Å². The van der Waals surface area contributed by atoms with Gasteiger partial charge in [0.25, 0.3) is 11.5 Å². The average molecular weight is 561 g/mol. The predicted molar refractivity (Wildman–Crippen MR) is 123 cm³/mol. The van der Waals surface area contributed by atoms with Crippen LogP contribution in [0.25, 0.3) is 0 Å². The van der Waals surface area contributed by atoms with Crippen LogP contribution in [-0.2, 0) is 9.59 Å². The first-order valence-electron chi connectivity index (χ1n) is 10.9. The smallest absolute Gasteiger partial charge is 0.406 e. The molecule has 1 aromatic carbocycles. The number of hydrogen-bond donors (Lipinski definition) is 1. The normalized spacial score (nSPS) is 19.2. The number of carbonyl (C=O) groups is 2. The molecule has 0 unspecified atom stereocenters. The standard InChI is InChI=1S/C22H24ClF7N4O3/c1-20(11-16(24)32-12-31-2,19(36)33-13-7-9-21(26,27)10-8-13)34(18(35)17(23)25)14-3-5-15(6-4-14)37-22(28,29)30/h3-6,12-13,17H,7-11H2,1-2H3,(H,33,36)/t17-,20-/m0/s1. The third kappa shape index (κ3) is 8.58. The Balaban J connectivity index is 2.51. The van der Waals surface area contributed by atoms with Crippen molar-refractivity contribution < 1.29 is 45.1 Å². The summed E-state index contributed by atoms with van der Waals surface area (Å²) in [6, 6.07) is 2.64. The average Bonchev–Trinajstić information content (AvgIpc) is 2.79. The Morgan fingerprint density at radius 2 is 1.81 bits per heavy atom. The molecule has 0 heterocycles. The molecule has 1 aliphatic carbocycles. The highest BCUT2D eigenvalue weighted by molar-refractivity contribution is 6.32. The van der Waals surface area contributed by atoms with Gasteiger partial charge in [-0.1, -0.05) is 11.6 Å². The lowest BCUT2D eigenvalue weighted by atomic mass is 9.89. The number of carbonyl (C=O) groups excluding carboxylic acids is 2. The number of rotatable bonds is 9. The maximum Gasteiger partial charge on any atom is 0.573 e. The fourth-order valence-corrected chi connectivity index (χ4v) is 3.88. The quantitative estimate of drug-likeness (QED) is 0.192. The highest BCUT2D eigenvalue weighted by Crippen LogP contribution is 2.35. The first kappa shape index (κ1) is 30.3.